The number of halogens is 1. The Bertz CT molecular complexity index is 514. The van der Waals surface area contributed by atoms with Gasteiger partial charge in [0.05, 0.1) is 5.69 Å². The summed E-state index contributed by atoms with van der Waals surface area (Å²) in [5.41, 5.74) is 9.18. The zero-order chi connectivity index (χ0) is 13.1. The second-order valence-electron chi connectivity index (χ2n) is 4.67. The van der Waals surface area contributed by atoms with Crippen LogP contribution in [-0.4, -0.2) is 16.0 Å². The molecule has 0 radical (unpaired) electrons. The lowest BCUT2D eigenvalue weighted by Crippen LogP contribution is -2.17. The second-order valence-corrected chi connectivity index (χ2v) is 4.67. The highest BCUT2D eigenvalue weighted by atomic mass is 19.1. The predicted molar refractivity (Wildman–Crippen MR) is 70.9 cm³/mol. The van der Waals surface area contributed by atoms with Crippen LogP contribution in [0.3, 0.4) is 0 Å². The van der Waals surface area contributed by atoms with E-state index in [9.17, 15) is 4.39 Å². The van der Waals surface area contributed by atoms with E-state index in [0.717, 1.165) is 17.7 Å². The first kappa shape index (κ1) is 12.8. The van der Waals surface area contributed by atoms with Crippen molar-refractivity contribution in [3.05, 3.63) is 41.2 Å². The third-order valence-electron chi connectivity index (χ3n) is 2.90. The minimum Gasteiger partial charge on any atom is -0.342 e. The maximum atomic E-state index is 12.6. The molecule has 0 bridgehead atoms. The molecule has 0 spiro atoms. The van der Waals surface area contributed by atoms with Gasteiger partial charge >= 0.3 is 0 Å². The quantitative estimate of drug-likeness (QED) is 0.872. The number of aromatic nitrogens is 2. The monoisotopic (exact) mass is 247 g/mol. The predicted octanol–water partition coefficient (Wildman–Crippen LogP) is 2.74. The van der Waals surface area contributed by atoms with E-state index in [1.54, 1.807) is 0 Å². The normalized spacial score (nSPS) is 12.7. The lowest BCUT2D eigenvalue weighted by Gasteiger charge is -2.05. The molecule has 1 atom stereocenters. The molecule has 3 nitrogen and oxygen atoms in total. The van der Waals surface area contributed by atoms with E-state index in [2.05, 4.69) is 9.97 Å². The Morgan fingerprint density at radius 1 is 1.33 bits per heavy atom. The molecule has 1 aromatic carbocycles. The van der Waals surface area contributed by atoms with Crippen molar-refractivity contribution < 1.29 is 4.39 Å². The fraction of sp³-hybridized carbons (Fsp3) is 0.357. The van der Waals surface area contributed by atoms with Crippen molar-refractivity contribution in [1.29, 1.82) is 0 Å². The summed E-state index contributed by atoms with van der Waals surface area (Å²) in [5, 5.41) is 0. The van der Waals surface area contributed by atoms with Crippen LogP contribution in [0.15, 0.2) is 24.3 Å². The highest BCUT2D eigenvalue weighted by Gasteiger charge is 2.08. The van der Waals surface area contributed by atoms with Crippen molar-refractivity contribution in [1.82, 2.24) is 9.97 Å². The molecule has 0 saturated carbocycles. The van der Waals surface area contributed by atoms with Gasteiger partial charge in [-0.15, -0.1) is 0 Å². The maximum Gasteiger partial charge on any atom is 0.137 e. The van der Waals surface area contributed by atoms with Crippen LogP contribution in [0.2, 0.25) is 0 Å². The first-order valence-corrected chi connectivity index (χ1v) is 6.06. The number of H-pyrrole nitrogens is 1. The van der Waals surface area contributed by atoms with Gasteiger partial charge in [-0.25, -0.2) is 9.37 Å². The van der Waals surface area contributed by atoms with Gasteiger partial charge in [-0.2, -0.15) is 0 Å². The fourth-order valence-electron chi connectivity index (χ4n) is 1.93. The molecule has 0 aliphatic heterocycles. The molecule has 3 N–H and O–H groups in total. The molecule has 4 heteroatoms. The zero-order valence-electron chi connectivity index (χ0n) is 10.7. The number of imidazole rings is 1. The summed E-state index contributed by atoms with van der Waals surface area (Å²) < 4.78 is 12.6. The van der Waals surface area contributed by atoms with Crippen LogP contribution in [0.4, 0.5) is 4.39 Å². The first-order valence-electron chi connectivity index (χ1n) is 6.06. The van der Waals surface area contributed by atoms with Crippen LogP contribution in [-0.2, 0) is 13.1 Å². The number of alkyl halides is 1. The number of hydrogen-bond donors (Lipinski definition) is 2. The third kappa shape index (κ3) is 2.76. The first-order chi connectivity index (χ1) is 8.60. The van der Waals surface area contributed by atoms with Crippen molar-refractivity contribution in [3.63, 3.8) is 0 Å². The summed E-state index contributed by atoms with van der Waals surface area (Å²) in [6.07, 6.45) is 0.854. The van der Waals surface area contributed by atoms with E-state index in [4.69, 9.17) is 5.73 Å². The Hall–Kier alpha value is -1.68. The molecule has 0 saturated heterocycles. The average Bonchev–Trinajstić information content (AvgIpc) is 2.71. The Balaban J connectivity index is 2.22. The standard InChI is InChI=1S/C14H18FN3/c1-9(16)7-11-3-5-12(6-4-11)14-17-10(2)13(8-15)18-14/h3-6,9H,7-8,16H2,1-2H3,(H,17,18)/t9-/m1/s1. The summed E-state index contributed by atoms with van der Waals surface area (Å²) in [6, 6.07) is 8.19. The van der Waals surface area contributed by atoms with Crippen molar-refractivity contribution in [2.45, 2.75) is 33.0 Å². The topological polar surface area (TPSA) is 54.7 Å². The van der Waals surface area contributed by atoms with Crippen molar-refractivity contribution >= 4 is 0 Å². The van der Waals surface area contributed by atoms with Crippen LogP contribution in [0.5, 0.6) is 0 Å². The van der Waals surface area contributed by atoms with Gasteiger partial charge in [0.1, 0.15) is 12.5 Å². The van der Waals surface area contributed by atoms with E-state index in [1.807, 2.05) is 38.1 Å². The molecule has 0 aliphatic rings. The average molecular weight is 247 g/mol. The second kappa shape index (κ2) is 5.31. The highest BCUT2D eigenvalue weighted by molar-refractivity contribution is 5.56. The van der Waals surface area contributed by atoms with Gasteiger partial charge < -0.3 is 10.7 Å². The lowest BCUT2D eigenvalue weighted by atomic mass is 10.1. The molecule has 2 rings (SSSR count). The number of aryl methyl sites for hydroxylation is 1. The highest BCUT2D eigenvalue weighted by Crippen LogP contribution is 2.19. The van der Waals surface area contributed by atoms with Gasteiger partial charge in [0.25, 0.3) is 0 Å². The van der Waals surface area contributed by atoms with Crippen LogP contribution in [0.1, 0.15) is 23.9 Å². The summed E-state index contributed by atoms with van der Waals surface area (Å²) in [4.78, 5) is 7.33. The molecule has 18 heavy (non-hydrogen) atoms. The Kier molecular flexibility index (Phi) is 3.77. The SMILES string of the molecule is Cc1[nH]c(-c2ccc(C[C@@H](C)N)cc2)nc1CF. The van der Waals surface area contributed by atoms with Crippen molar-refractivity contribution in [2.75, 3.05) is 0 Å². The number of aromatic amines is 1. The minimum atomic E-state index is -0.537. The molecule has 0 aliphatic carbocycles. The summed E-state index contributed by atoms with van der Waals surface area (Å²) in [5.74, 6) is 0.715. The van der Waals surface area contributed by atoms with E-state index in [1.165, 1.54) is 5.56 Å². The van der Waals surface area contributed by atoms with Gasteiger partial charge in [0.15, 0.2) is 0 Å². The maximum absolute atomic E-state index is 12.6. The largest absolute Gasteiger partial charge is 0.342 e. The molecule has 0 amide bonds. The molecule has 0 unspecified atom stereocenters. The molecule has 0 fully saturated rings. The van der Waals surface area contributed by atoms with Gasteiger partial charge in [0.2, 0.25) is 0 Å². The van der Waals surface area contributed by atoms with Crippen molar-refractivity contribution in [2.24, 2.45) is 5.73 Å². The Morgan fingerprint density at radius 3 is 2.50 bits per heavy atom. The van der Waals surface area contributed by atoms with E-state index >= 15 is 0 Å². The Labute approximate surface area is 106 Å². The molecular formula is C14H18FN3. The number of benzene rings is 1. The van der Waals surface area contributed by atoms with E-state index in [-0.39, 0.29) is 6.04 Å². The molecule has 96 valence electrons. The molecule has 1 aromatic heterocycles. The third-order valence-corrected chi connectivity index (χ3v) is 2.90. The van der Waals surface area contributed by atoms with Crippen LogP contribution in [0.25, 0.3) is 11.4 Å². The fourth-order valence-corrected chi connectivity index (χ4v) is 1.93. The zero-order valence-corrected chi connectivity index (χ0v) is 10.7. The van der Waals surface area contributed by atoms with Crippen LogP contribution < -0.4 is 5.73 Å². The van der Waals surface area contributed by atoms with Gasteiger partial charge in [0, 0.05) is 17.3 Å². The van der Waals surface area contributed by atoms with Gasteiger partial charge in [-0.3, -0.25) is 0 Å². The number of hydrogen-bond acceptors (Lipinski definition) is 2. The van der Waals surface area contributed by atoms with E-state index in [0.29, 0.717) is 11.5 Å². The summed E-state index contributed by atoms with van der Waals surface area (Å²) >= 11 is 0. The number of nitrogens with zero attached hydrogens (tertiary/aromatic N) is 1. The molecule has 1 heterocycles. The van der Waals surface area contributed by atoms with E-state index < -0.39 is 6.67 Å². The Morgan fingerprint density at radius 2 is 2.00 bits per heavy atom. The minimum absolute atomic E-state index is 0.153. The molecular weight excluding hydrogens is 229 g/mol. The number of nitrogens with two attached hydrogens (primary N) is 1. The number of nitrogens with one attached hydrogen (secondary N) is 1. The smallest absolute Gasteiger partial charge is 0.137 e. The lowest BCUT2D eigenvalue weighted by molar-refractivity contribution is 0.476. The number of rotatable bonds is 4. The van der Waals surface area contributed by atoms with Crippen LogP contribution >= 0.6 is 0 Å². The van der Waals surface area contributed by atoms with Crippen LogP contribution in [0, 0.1) is 6.92 Å². The van der Waals surface area contributed by atoms with Gasteiger partial charge in [-0.1, -0.05) is 24.3 Å². The summed E-state index contributed by atoms with van der Waals surface area (Å²) in [6.45, 7) is 3.28. The van der Waals surface area contributed by atoms with Gasteiger partial charge in [-0.05, 0) is 25.8 Å². The van der Waals surface area contributed by atoms with Crippen molar-refractivity contribution in [3.8, 4) is 11.4 Å². The summed E-state index contributed by atoms with van der Waals surface area (Å²) in [7, 11) is 0. The molecule has 2 aromatic rings.